The van der Waals surface area contributed by atoms with Gasteiger partial charge in [-0.2, -0.15) is 0 Å². The molecule has 0 aromatic heterocycles. The first-order valence-corrected chi connectivity index (χ1v) is 5.97. The Balaban J connectivity index is 2.89. The lowest BCUT2D eigenvalue weighted by Crippen LogP contribution is -2.43. The Labute approximate surface area is 107 Å². The van der Waals surface area contributed by atoms with Crippen LogP contribution in [0.4, 0.5) is 0 Å². The fourth-order valence-electron chi connectivity index (χ4n) is 1.77. The topological polar surface area (TPSA) is 68.2 Å². The highest BCUT2D eigenvalue weighted by Gasteiger charge is 2.47. The molecule has 0 spiro atoms. The van der Waals surface area contributed by atoms with Crippen molar-refractivity contribution in [1.29, 1.82) is 0 Å². The maximum atomic E-state index is 12.0. The van der Waals surface area contributed by atoms with Gasteiger partial charge in [-0.3, -0.25) is 4.79 Å². The molecule has 1 fully saturated rings. The number of rotatable bonds is 4. The Kier molecular flexibility index (Phi) is 5.08. The van der Waals surface area contributed by atoms with Gasteiger partial charge in [-0.25, -0.2) is 9.79 Å². The molecule has 0 aliphatic carbocycles. The third-order valence-corrected chi connectivity index (χ3v) is 2.83. The molecule has 1 aliphatic heterocycles. The average Bonchev–Trinajstić information content (AvgIpc) is 2.72. The Morgan fingerprint density at radius 1 is 1.33 bits per heavy atom. The summed E-state index contributed by atoms with van der Waals surface area (Å²) in [5.74, 6) is -0.0593. The smallest absolute Gasteiger partial charge is 0.403 e. The lowest BCUT2D eigenvalue weighted by Gasteiger charge is -2.22. The van der Waals surface area contributed by atoms with Gasteiger partial charge in [0, 0.05) is 14.1 Å². The van der Waals surface area contributed by atoms with Gasteiger partial charge >= 0.3 is 7.12 Å². The van der Waals surface area contributed by atoms with Crippen LogP contribution in [0.3, 0.4) is 0 Å². The largest absolute Gasteiger partial charge is 0.460 e. The van der Waals surface area contributed by atoms with Gasteiger partial charge in [-0.1, -0.05) is 13.8 Å². The van der Waals surface area contributed by atoms with E-state index in [0.29, 0.717) is 0 Å². The number of carbonyl (C=O) groups excluding carboxylic acids is 2. The van der Waals surface area contributed by atoms with Gasteiger partial charge in [0.2, 0.25) is 6.08 Å². The highest BCUT2D eigenvalue weighted by atomic mass is 16.7. The van der Waals surface area contributed by atoms with Crippen LogP contribution in [-0.2, 0) is 18.9 Å². The Hall–Kier alpha value is -1.17. The number of carbonyl (C=O) groups is 1. The van der Waals surface area contributed by atoms with E-state index in [0.717, 1.165) is 0 Å². The van der Waals surface area contributed by atoms with E-state index in [1.807, 2.05) is 13.8 Å². The van der Waals surface area contributed by atoms with Crippen molar-refractivity contribution in [3.05, 3.63) is 0 Å². The molecule has 1 saturated heterocycles. The fourth-order valence-corrected chi connectivity index (χ4v) is 1.77. The second-order valence-corrected chi connectivity index (χ2v) is 4.96. The maximum absolute atomic E-state index is 12.0. The number of hydrogen-bond donors (Lipinski definition) is 0. The summed E-state index contributed by atoms with van der Waals surface area (Å²) < 4.78 is 11.3. The van der Waals surface area contributed by atoms with Crippen molar-refractivity contribution >= 4 is 19.1 Å². The molecule has 0 bridgehead atoms. The molecule has 100 valence electrons. The van der Waals surface area contributed by atoms with Crippen molar-refractivity contribution in [2.24, 2.45) is 4.99 Å². The standard InChI is InChI=1S/C11H19BN2O4/c1-7(2)12-17-9(8(3)13-6-15)10(18-12)11(16)14(4)5/h7-10H,1-5H3/t8?,9-,10+/m0/s1. The highest BCUT2D eigenvalue weighted by Crippen LogP contribution is 2.27. The minimum atomic E-state index is -0.723. The first-order chi connectivity index (χ1) is 8.38. The third-order valence-electron chi connectivity index (χ3n) is 2.83. The van der Waals surface area contributed by atoms with Gasteiger partial charge in [0.15, 0.2) is 0 Å². The summed E-state index contributed by atoms with van der Waals surface area (Å²) in [6.07, 6.45) is 0.222. The van der Waals surface area contributed by atoms with Crippen molar-refractivity contribution in [2.45, 2.75) is 44.8 Å². The predicted molar refractivity (Wildman–Crippen MR) is 66.9 cm³/mol. The Bertz CT molecular complexity index is 355. The Morgan fingerprint density at radius 3 is 2.39 bits per heavy atom. The van der Waals surface area contributed by atoms with Crippen molar-refractivity contribution in [3.8, 4) is 0 Å². The molecule has 1 rings (SSSR count). The number of nitrogens with zero attached hydrogens (tertiary/aromatic N) is 2. The number of isocyanates is 1. The van der Waals surface area contributed by atoms with Crippen LogP contribution in [0.1, 0.15) is 20.8 Å². The minimum Gasteiger partial charge on any atom is -0.403 e. The van der Waals surface area contributed by atoms with Crippen LogP contribution in [0.15, 0.2) is 4.99 Å². The molecule has 0 N–H and O–H groups in total. The van der Waals surface area contributed by atoms with Gasteiger partial charge in [-0.15, -0.1) is 0 Å². The van der Waals surface area contributed by atoms with Crippen molar-refractivity contribution < 1.29 is 18.9 Å². The van der Waals surface area contributed by atoms with Gasteiger partial charge < -0.3 is 14.2 Å². The SMILES string of the molecule is CC(C)B1O[C@@H](C(=O)N(C)C)[C@H](C(C)N=C=O)O1. The zero-order valence-electron chi connectivity index (χ0n) is 11.4. The van der Waals surface area contributed by atoms with Crippen LogP contribution in [0.5, 0.6) is 0 Å². The van der Waals surface area contributed by atoms with Gasteiger partial charge in [0.05, 0.1) is 12.1 Å². The van der Waals surface area contributed by atoms with Crippen LogP contribution < -0.4 is 0 Å². The normalized spacial score (nSPS) is 24.9. The van der Waals surface area contributed by atoms with Gasteiger partial charge in [0.1, 0.15) is 6.10 Å². The molecule has 6 nitrogen and oxygen atoms in total. The molecule has 0 aromatic carbocycles. The van der Waals surface area contributed by atoms with Crippen LogP contribution in [0, 0.1) is 0 Å². The lowest BCUT2D eigenvalue weighted by atomic mass is 9.75. The summed E-state index contributed by atoms with van der Waals surface area (Å²) in [5.41, 5.74) is 0. The highest BCUT2D eigenvalue weighted by molar-refractivity contribution is 6.47. The maximum Gasteiger partial charge on any atom is 0.460 e. The Morgan fingerprint density at radius 2 is 1.94 bits per heavy atom. The second-order valence-electron chi connectivity index (χ2n) is 4.96. The van der Waals surface area contributed by atoms with E-state index in [1.165, 1.54) is 11.0 Å². The minimum absolute atomic E-state index is 0.125. The fraction of sp³-hybridized carbons (Fsp3) is 0.818. The lowest BCUT2D eigenvalue weighted by molar-refractivity contribution is -0.137. The van der Waals surface area contributed by atoms with E-state index in [9.17, 15) is 9.59 Å². The first kappa shape index (κ1) is 14.9. The van der Waals surface area contributed by atoms with E-state index < -0.39 is 25.4 Å². The molecular weight excluding hydrogens is 235 g/mol. The molecule has 1 aliphatic rings. The van der Waals surface area contributed by atoms with Crippen molar-refractivity contribution in [2.75, 3.05) is 14.1 Å². The molecular formula is C11H19BN2O4. The molecule has 0 aromatic rings. The summed E-state index contributed by atoms with van der Waals surface area (Å²) in [7, 11) is 2.85. The van der Waals surface area contributed by atoms with Crippen molar-refractivity contribution in [1.82, 2.24) is 4.90 Å². The third kappa shape index (κ3) is 3.19. The van der Waals surface area contributed by atoms with E-state index in [1.54, 1.807) is 21.0 Å². The molecule has 3 atom stereocenters. The van der Waals surface area contributed by atoms with E-state index in [-0.39, 0.29) is 11.7 Å². The van der Waals surface area contributed by atoms with Gasteiger partial charge in [-0.05, 0) is 12.7 Å². The molecule has 7 heteroatoms. The first-order valence-electron chi connectivity index (χ1n) is 5.97. The number of amides is 1. The summed E-state index contributed by atoms with van der Waals surface area (Å²) in [6.45, 7) is 5.59. The molecule has 0 radical (unpaired) electrons. The van der Waals surface area contributed by atoms with E-state index in [2.05, 4.69) is 4.99 Å². The molecule has 0 saturated carbocycles. The van der Waals surface area contributed by atoms with Crippen molar-refractivity contribution in [3.63, 3.8) is 0 Å². The van der Waals surface area contributed by atoms with Crippen LogP contribution in [0.2, 0.25) is 5.82 Å². The summed E-state index contributed by atoms with van der Waals surface area (Å²) >= 11 is 0. The summed E-state index contributed by atoms with van der Waals surface area (Å²) in [4.78, 5) is 27.4. The van der Waals surface area contributed by atoms with Crippen LogP contribution in [-0.4, -0.2) is 56.4 Å². The zero-order chi connectivity index (χ0) is 13.9. The number of likely N-dealkylation sites (N-methyl/N-ethyl adjacent to an activating group) is 1. The molecule has 1 heterocycles. The predicted octanol–water partition coefficient (Wildman–Crippen LogP) is 0.481. The number of hydrogen-bond acceptors (Lipinski definition) is 5. The zero-order valence-corrected chi connectivity index (χ0v) is 11.4. The quantitative estimate of drug-likeness (QED) is 0.415. The van der Waals surface area contributed by atoms with E-state index in [4.69, 9.17) is 9.31 Å². The van der Waals surface area contributed by atoms with Gasteiger partial charge in [0.25, 0.3) is 5.91 Å². The van der Waals surface area contributed by atoms with E-state index >= 15 is 0 Å². The summed E-state index contributed by atoms with van der Waals surface area (Å²) in [6, 6.07) is -0.458. The average molecular weight is 254 g/mol. The second kappa shape index (κ2) is 6.13. The molecule has 18 heavy (non-hydrogen) atoms. The number of aliphatic imine (C=N–C) groups is 1. The van der Waals surface area contributed by atoms with Crippen LogP contribution in [0.25, 0.3) is 0 Å². The summed E-state index contributed by atoms with van der Waals surface area (Å²) in [5, 5.41) is 0. The molecule has 1 amide bonds. The monoisotopic (exact) mass is 254 g/mol. The molecule has 1 unspecified atom stereocenters. The van der Waals surface area contributed by atoms with Crippen LogP contribution >= 0.6 is 0 Å².